The average Bonchev–Trinajstić information content (AvgIpc) is 3.58. The summed E-state index contributed by atoms with van der Waals surface area (Å²) in [5, 5.41) is 62.4. The molecule has 0 aromatic carbocycles. The van der Waals surface area contributed by atoms with Crippen LogP contribution >= 0.6 is 0 Å². The molecule has 0 unspecified atom stereocenters. The van der Waals surface area contributed by atoms with Crippen molar-refractivity contribution < 1.29 is 44.9 Å². The topological polar surface area (TPSA) is 157 Å². The molecular weight excluding hydrogens is 564 g/mol. The van der Waals surface area contributed by atoms with Crippen molar-refractivity contribution in [2.75, 3.05) is 0 Å². The maximum Gasteiger partial charge on any atom is 0.334 e. The Bertz CT molecular complexity index is 790. The molecule has 2 aliphatic heterocycles. The highest BCUT2D eigenvalue weighted by molar-refractivity contribution is 5.90. The van der Waals surface area contributed by atoms with E-state index >= 15 is 0 Å². The molecule has 1 saturated heterocycles. The molecule has 9 atom stereocenters. The molecule has 2 rings (SSSR count). The highest BCUT2D eigenvalue weighted by Crippen LogP contribution is 2.29. The van der Waals surface area contributed by atoms with Crippen molar-refractivity contribution in [1.82, 2.24) is 0 Å². The normalized spacial score (nSPS) is 24.5. The molecule has 0 aliphatic carbocycles. The zero-order valence-electron chi connectivity index (χ0n) is 27.5. The van der Waals surface area contributed by atoms with Crippen LogP contribution in [0.1, 0.15) is 149 Å². The van der Waals surface area contributed by atoms with E-state index < -0.39 is 36.6 Å². The molecule has 9 heteroatoms. The average molecular weight is 629 g/mol. The molecule has 6 N–H and O–H groups in total. The molecule has 0 aromatic rings. The molecule has 2 aliphatic rings. The van der Waals surface area contributed by atoms with Gasteiger partial charge in [0.05, 0.1) is 48.8 Å². The Hall–Kier alpha value is -1.07. The van der Waals surface area contributed by atoms with Gasteiger partial charge in [-0.25, -0.2) is 4.79 Å². The third-order valence-electron chi connectivity index (χ3n) is 9.20. The van der Waals surface area contributed by atoms with Gasteiger partial charge in [0.1, 0.15) is 6.10 Å². The third-order valence-corrected chi connectivity index (χ3v) is 9.20. The van der Waals surface area contributed by atoms with Gasteiger partial charge in [-0.2, -0.15) is 0 Å². The van der Waals surface area contributed by atoms with E-state index in [1.807, 2.05) is 0 Å². The Labute approximate surface area is 266 Å². The molecule has 0 amide bonds. The summed E-state index contributed by atoms with van der Waals surface area (Å²) in [4.78, 5) is 11.7. The zero-order valence-corrected chi connectivity index (χ0v) is 27.5. The molecule has 0 bridgehead atoms. The van der Waals surface area contributed by atoms with Crippen LogP contribution < -0.4 is 0 Å². The lowest BCUT2D eigenvalue weighted by atomic mass is 9.96. The summed E-state index contributed by atoms with van der Waals surface area (Å²) in [5.41, 5.74) is 0.483. The van der Waals surface area contributed by atoms with E-state index in [2.05, 4.69) is 6.92 Å². The highest BCUT2D eigenvalue weighted by atomic mass is 16.5. The first-order chi connectivity index (χ1) is 21.1. The van der Waals surface area contributed by atoms with Crippen molar-refractivity contribution in [3.05, 3.63) is 11.6 Å². The number of carbonyl (C=O) groups excluding carboxylic acids is 1. The van der Waals surface area contributed by atoms with Gasteiger partial charge in [0.2, 0.25) is 0 Å². The molecule has 0 aromatic heterocycles. The van der Waals surface area contributed by atoms with E-state index in [9.17, 15) is 35.4 Å². The predicted octanol–water partition coefficient (Wildman–Crippen LogP) is 5.00. The molecule has 0 spiro atoms. The van der Waals surface area contributed by atoms with Crippen molar-refractivity contribution in [3.8, 4) is 0 Å². The van der Waals surface area contributed by atoms with Crippen LogP contribution in [0.15, 0.2) is 11.6 Å². The van der Waals surface area contributed by atoms with Crippen molar-refractivity contribution >= 4 is 5.97 Å². The predicted molar refractivity (Wildman–Crippen MR) is 171 cm³/mol. The number of ether oxygens (including phenoxy) is 2. The largest absolute Gasteiger partial charge is 0.455 e. The van der Waals surface area contributed by atoms with E-state index in [0.29, 0.717) is 44.1 Å². The van der Waals surface area contributed by atoms with Crippen LogP contribution in [0.25, 0.3) is 0 Å². The lowest BCUT2D eigenvalue weighted by molar-refractivity contribution is -0.139. The van der Waals surface area contributed by atoms with E-state index in [4.69, 9.17) is 9.47 Å². The fraction of sp³-hybridized carbons (Fsp3) is 0.914. The Balaban J connectivity index is 1.50. The molecule has 2 heterocycles. The van der Waals surface area contributed by atoms with Gasteiger partial charge < -0.3 is 40.1 Å². The fourth-order valence-electron chi connectivity index (χ4n) is 6.52. The Kier molecular flexibility index (Phi) is 20.0. The summed E-state index contributed by atoms with van der Waals surface area (Å²) in [6.07, 6.45) is 13.6. The number of esters is 1. The van der Waals surface area contributed by atoms with Crippen LogP contribution in [-0.2, 0) is 14.3 Å². The first-order valence-corrected chi connectivity index (χ1v) is 17.7. The van der Waals surface area contributed by atoms with Crippen molar-refractivity contribution in [3.63, 3.8) is 0 Å². The standard InChI is InChI=1S/C35H64O9/c1-3-4-5-6-7-8-9-10-11-12-16-31(40)33-19-20-34(44-33)32(41)18-17-29(38)24-30(39)23-28(37)15-13-14-27(36)22-26-21-25(2)43-35(26)42/h21,25,27-34,36-41H,3-20,22-24H2,1-2H3/t25-,27+,28-,29+,30-,31+,32-,33-,34-/m1/s1. The van der Waals surface area contributed by atoms with Crippen molar-refractivity contribution in [2.24, 2.45) is 0 Å². The minimum atomic E-state index is -0.880. The second kappa shape index (κ2) is 22.5. The lowest BCUT2D eigenvalue weighted by Crippen LogP contribution is -2.32. The number of hydrogen-bond acceptors (Lipinski definition) is 9. The smallest absolute Gasteiger partial charge is 0.334 e. The zero-order chi connectivity index (χ0) is 32.3. The fourth-order valence-corrected chi connectivity index (χ4v) is 6.52. The van der Waals surface area contributed by atoms with E-state index in [-0.39, 0.29) is 43.5 Å². The quantitative estimate of drug-likeness (QED) is 0.0573. The minimum absolute atomic E-state index is 0.104. The van der Waals surface area contributed by atoms with Gasteiger partial charge in [-0.05, 0) is 77.2 Å². The van der Waals surface area contributed by atoms with Crippen molar-refractivity contribution in [2.45, 2.75) is 204 Å². The van der Waals surface area contributed by atoms with Crippen LogP contribution in [0.3, 0.4) is 0 Å². The van der Waals surface area contributed by atoms with Crippen LogP contribution in [0.2, 0.25) is 0 Å². The number of cyclic esters (lactones) is 1. The van der Waals surface area contributed by atoms with Crippen LogP contribution in [-0.4, -0.2) is 91.5 Å². The van der Waals surface area contributed by atoms with Crippen LogP contribution in [0.5, 0.6) is 0 Å². The molecular formula is C35H64O9. The van der Waals surface area contributed by atoms with Gasteiger partial charge in [-0.3, -0.25) is 0 Å². The van der Waals surface area contributed by atoms with Gasteiger partial charge in [-0.15, -0.1) is 0 Å². The molecule has 0 radical (unpaired) electrons. The summed E-state index contributed by atoms with van der Waals surface area (Å²) in [7, 11) is 0. The minimum Gasteiger partial charge on any atom is -0.455 e. The SMILES string of the molecule is CCCCCCCCCCCC[C@H](O)[C@H]1CC[C@H]([C@H](O)CC[C@H](O)C[C@H](O)C[C@H](O)CCC[C@H](O)CC2=C[C@@H](C)OC2=O)O1. The monoisotopic (exact) mass is 628 g/mol. The summed E-state index contributed by atoms with van der Waals surface area (Å²) >= 11 is 0. The lowest BCUT2D eigenvalue weighted by Gasteiger charge is -2.23. The van der Waals surface area contributed by atoms with Gasteiger partial charge in [0.15, 0.2) is 0 Å². The number of aliphatic hydroxyl groups excluding tert-OH is 6. The first-order valence-electron chi connectivity index (χ1n) is 17.7. The number of unbranched alkanes of at least 4 members (excludes halogenated alkanes) is 9. The van der Waals surface area contributed by atoms with Gasteiger partial charge in [-0.1, -0.05) is 71.1 Å². The number of hydrogen-bond donors (Lipinski definition) is 6. The highest BCUT2D eigenvalue weighted by Gasteiger charge is 2.34. The summed E-state index contributed by atoms with van der Waals surface area (Å²) in [5.74, 6) is -0.389. The summed E-state index contributed by atoms with van der Waals surface area (Å²) in [6, 6.07) is 0. The van der Waals surface area contributed by atoms with Crippen LogP contribution in [0, 0.1) is 0 Å². The van der Waals surface area contributed by atoms with E-state index in [1.54, 1.807) is 13.0 Å². The molecule has 44 heavy (non-hydrogen) atoms. The second-order valence-electron chi connectivity index (χ2n) is 13.5. The van der Waals surface area contributed by atoms with Crippen molar-refractivity contribution in [1.29, 1.82) is 0 Å². The first kappa shape index (κ1) is 39.1. The Morgan fingerprint density at radius 2 is 1.18 bits per heavy atom. The number of aliphatic hydroxyl groups is 6. The molecule has 0 saturated carbocycles. The van der Waals surface area contributed by atoms with E-state index in [0.717, 1.165) is 25.7 Å². The summed E-state index contributed by atoms with van der Waals surface area (Å²) in [6.45, 7) is 4.01. The van der Waals surface area contributed by atoms with Gasteiger partial charge >= 0.3 is 5.97 Å². The summed E-state index contributed by atoms with van der Waals surface area (Å²) < 4.78 is 11.0. The molecule has 1 fully saturated rings. The Morgan fingerprint density at radius 3 is 1.75 bits per heavy atom. The van der Waals surface area contributed by atoms with Gasteiger partial charge in [0, 0.05) is 12.0 Å². The molecule has 258 valence electrons. The maximum atomic E-state index is 11.7. The van der Waals surface area contributed by atoms with E-state index in [1.165, 1.54) is 51.4 Å². The Morgan fingerprint density at radius 1 is 0.659 bits per heavy atom. The van der Waals surface area contributed by atoms with Gasteiger partial charge in [0.25, 0.3) is 0 Å². The second-order valence-corrected chi connectivity index (χ2v) is 13.5. The number of carbonyl (C=O) groups is 1. The maximum absolute atomic E-state index is 11.7. The molecule has 9 nitrogen and oxygen atoms in total. The number of rotatable bonds is 26. The van der Waals surface area contributed by atoms with Crippen LogP contribution in [0.4, 0.5) is 0 Å². The third kappa shape index (κ3) is 16.5.